The van der Waals surface area contributed by atoms with Crippen LogP contribution in [-0.2, 0) is 19.6 Å². The van der Waals surface area contributed by atoms with Crippen LogP contribution in [0, 0.1) is 0 Å². The van der Waals surface area contributed by atoms with Gasteiger partial charge in [0, 0.05) is 12.7 Å². The first kappa shape index (κ1) is 13.0. The third-order valence-electron chi connectivity index (χ3n) is 2.87. The number of sulfonamides is 1. The van der Waals surface area contributed by atoms with Gasteiger partial charge in [0.05, 0.1) is 19.3 Å². The van der Waals surface area contributed by atoms with Gasteiger partial charge in [-0.25, -0.2) is 8.42 Å². The van der Waals surface area contributed by atoms with E-state index in [2.05, 4.69) is 10.2 Å². The zero-order valence-corrected chi connectivity index (χ0v) is 10.6. The van der Waals surface area contributed by atoms with Crippen LogP contribution in [0.25, 0.3) is 0 Å². The Morgan fingerprint density at radius 1 is 1.67 bits per heavy atom. The number of carbonyl (C=O) groups excluding carboxylic acids is 1. The van der Waals surface area contributed by atoms with Crippen LogP contribution in [0.2, 0.25) is 0 Å². The molecule has 3 N–H and O–H groups in total. The van der Waals surface area contributed by atoms with Crippen LogP contribution < -0.4 is 5.73 Å². The van der Waals surface area contributed by atoms with Crippen molar-refractivity contribution >= 4 is 15.9 Å². The van der Waals surface area contributed by atoms with E-state index >= 15 is 0 Å². The zero-order valence-electron chi connectivity index (χ0n) is 9.79. The number of nitrogens with one attached hydrogen (secondary N) is 1. The van der Waals surface area contributed by atoms with E-state index in [0.717, 1.165) is 0 Å². The second-order valence-electron chi connectivity index (χ2n) is 4.22. The first-order valence-corrected chi connectivity index (χ1v) is 6.73. The number of H-pyrrole nitrogens is 1. The molecule has 1 aliphatic heterocycles. The van der Waals surface area contributed by atoms with E-state index in [4.69, 9.17) is 10.5 Å². The number of aromatic nitrogens is 2. The summed E-state index contributed by atoms with van der Waals surface area (Å²) in [5.74, 6) is -0.686. The van der Waals surface area contributed by atoms with Crippen LogP contribution in [0.15, 0.2) is 17.3 Å². The molecule has 0 bridgehead atoms. The molecule has 1 amide bonds. The standard InChI is InChI=1S/C9H14N4O4S/c1-9(8(10)14)6-13(2-3-17-9)18(15,16)7-4-11-12-5-7/h4-5H,2-3,6H2,1H3,(H2,10,14)(H,11,12). The molecule has 1 saturated heterocycles. The highest BCUT2D eigenvalue weighted by atomic mass is 32.2. The smallest absolute Gasteiger partial charge is 0.250 e. The third-order valence-corrected chi connectivity index (χ3v) is 4.68. The number of amides is 1. The van der Waals surface area contributed by atoms with Crippen molar-refractivity contribution in [1.29, 1.82) is 0 Å². The lowest BCUT2D eigenvalue weighted by molar-refractivity contribution is -0.148. The molecule has 100 valence electrons. The Hall–Kier alpha value is -1.45. The maximum absolute atomic E-state index is 12.2. The summed E-state index contributed by atoms with van der Waals surface area (Å²) in [4.78, 5) is 11.3. The molecule has 1 aromatic heterocycles. The van der Waals surface area contributed by atoms with Crippen LogP contribution in [-0.4, -0.2) is 54.1 Å². The number of nitrogens with zero attached hydrogens (tertiary/aromatic N) is 2. The third kappa shape index (κ3) is 2.11. The molecule has 0 spiro atoms. The summed E-state index contributed by atoms with van der Waals surface area (Å²) in [6.07, 6.45) is 2.50. The Balaban J connectivity index is 2.27. The number of aromatic amines is 1. The minimum Gasteiger partial charge on any atom is -0.367 e. The van der Waals surface area contributed by atoms with E-state index in [1.165, 1.54) is 23.6 Å². The van der Waals surface area contributed by atoms with Crippen molar-refractivity contribution in [3.8, 4) is 0 Å². The van der Waals surface area contributed by atoms with Crippen molar-refractivity contribution in [2.24, 2.45) is 5.73 Å². The lowest BCUT2D eigenvalue weighted by Gasteiger charge is -2.37. The molecular weight excluding hydrogens is 260 g/mol. The van der Waals surface area contributed by atoms with Crippen LogP contribution in [0.4, 0.5) is 0 Å². The molecule has 1 aliphatic rings. The fraction of sp³-hybridized carbons (Fsp3) is 0.556. The number of ether oxygens (including phenoxy) is 1. The van der Waals surface area contributed by atoms with Crippen LogP contribution in [0.5, 0.6) is 0 Å². The number of hydrogen-bond donors (Lipinski definition) is 2. The molecule has 1 atom stereocenters. The van der Waals surface area contributed by atoms with E-state index in [1.54, 1.807) is 0 Å². The average molecular weight is 274 g/mol. The Morgan fingerprint density at radius 3 is 2.94 bits per heavy atom. The SMILES string of the molecule is CC1(C(N)=O)CN(S(=O)(=O)c2cn[nH]c2)CCO1. The minimum atomic E-state index is -3.67. The van der Waals surface area contributed by atoms with Crippen LogP contribution in [0.1, 0.15) is 6.92 Å². The van der Waals surface area contributed by atoms with Crippen molar-refractivity contribution < 1.29 is 17.9 Å². The van der Waals surface area contributed by atoms with E-state index in [9.17, 15) is 13.2 Å². The molecule has 9 heteroatoms. The molecule has 0 aromatic carbocycles. The van der Waals surface area contributed by atoms with E-state index in [-0.39, 0.29) is 24.6 Å². The number of primary amides is 1. The number of carbonyl (C=O) groups is 1. The molecule has 0 aliphatic carbocycles. The summed E-state index contributed by atoms with van der Waals surface area (Å²) in [7, 11) is -3.67. The highest BCUT2D eigenvalue weighted by Crippen LogP contribution is 2.23. The second kappa shape index (κ2) is 4.34. The fourth-order valence-electron chi connectivity index (χ4n) is 1.72. The van der Waals surface area contributed by atoms with Gasteiger partial charge in [-0.05, 0) is 6.92 Å². The fourth-order valence-corrected chi connectivity index (χ4v) is 3.13. The Kier molecular flexibility index (Phi) is 3.13. The summed E-state index contributed by atoms with van der Waals surface area (Å²) in [6, 6.07) is 0. The van der Waals surface area contributed by atoms with Gasteiger partial charge in [0.2, 0.25) is 10.0 Å². The molecule has 1 unspecified atom stereocenters. The molecule has 8 nitrogen and oxygen atoms in total. The number of hydrogen-bond acceptors (Lipinski definition) is 5. The summed E-state index contributed by atoms with van der Waals surface area (Å²) < 4.78 is 30.9. The highest BCUT2D eigenvalue weighted by Gasteiger charge is 2.42. The maximum Gasteiger partial charge on any atom is 0.250 e. The normalized spacial score (nSPS) is 26.1. The van der Waals surface area contributed by atoms with Gasteiger partial charge in [0.25, 0.3) is 5.91 Å². The van der Waals surface area contributed by atoms with Gasteiger partial charge in [-0.3, -0.25) is 9.89 Å². The minimum absolute atomic E-state index is 0.0521. The topological polar surface area (TPSA) is 118 Å². The van der Waals surface area contributed by atoms with Gasteiger partial charge in [-0.1, -0.05) is 0 Å². The van der Waals surface area contributed by atoms with Gasteiger partial charge in [-0.15, -0.1) is 0 Å². The van der Waals surface area contributed by atoms with Crippen molar-refractivity contribution in [3.05, 3.63) is 12.4 Å². The van der Waals surface area contributed by atoms with Crippen molar-refractivity contribution in [3.63, 3.8) is 0 Å². The van der Waals surface area contributed by atoms with Gasteiger partial charge < -0.3 is 10.5 Å². The molecular formula is C9H14N4O4S. The first-order chi connectivity index (χ1) is 8.36. The molecule has 2 rings (SSSR count). The predicted octanol–water partition coefficient (Wildman–Crippen LogP) is -1.33. The number of rotatable bonds is 3. The van der Waals surface area contributed by atoms with Crippen molar-refractivity contribution in [2.75, 3.05) is 19.7 Å². The predicted molar refractivity (Wildman–Crippen MR) is 60.9 cm³/mol. The molecule has 0 radical (unpaired) electrons. The highest BCUT2D eigenvalue weighted by molar-refractivity contribution is 7.89. The van der Waals surface area contributed by atoms with E-state index < -0.39 is 21.5 Å². The van der Waals surface area contributed by atoms with Crippen molar-refractivity contribution in [1.82, 2.24) is 14.5 Å². The molecule has 0 saturated carbocycles. The maximum atomic E-state index is 12.2. The van der Waals surface area contributed by atoms with Crippen molar-refractivity contribution in [2.45, 2.75) is 17.4 Å². The summed E-state index contributed by atoms with van der Waals surface area (Å²) in [6.45, 7) is 1.68. The summed E-state index contributed by atoms with van der Waals surface area (Å²) in [5, 5.41) is 6.04. The van der Waals surface area contributed by atoms with Gasteiger partial charge in [-0.2, -0.15) is 9.40 Å². The average Bonchev–Trinajstić information content (AvgIpc) is 2.83. The summed E-state index contributed by atoms with van der Waals surface area (Å²) in [5.41, 5.74) is 3.93. The van der Waals surface area contributed by atoms with Crippen LogP contribution in [0.3, 0.4) is 0 Å². The first-order valence-electron chi connectivity index (χ1n) is 5.29. The molecule has 18 heavy (non-hydrogen) atoms. The van der Waals surface area contributed by atoms with E-state index in [0.29, 0.717) is 0 Å². The molecule has 1 fully saturated rings. The lowest BCUT2D eigenvalue weighted by atomic mass is 10.1. The van der Waals surface area contributed by atoms with Gasteiger partial charge in [0.1, 0.15) is 4.90 Å². The number of morpholine rings is 1. The molecule has 2 heterocycles. The number of nitrogens with two attached hydrogens (primary N) is 1. The Bertz CT molecular complexity index is 541. The zero-order chi connectivity index (χ0) is 13.4. The Morgan fingerprint density at radius 2 is 2.39 bits per heavy atom. The monoisotopic (exact) mass is 274 g/mol. The van der Waals surface area contributed by atoms with Gasteiger partial charge >= 0.3 is 0 Å². The largest absolute Gasteiger partial charge is 0.367 e. The quantitative estimate of drug-likeness (QED) is 0.708. The summed E-state index contributed by atoms with van der Waals surface area (Å²) >= 11 is 0. The van der Waals surface area contributed by atoms with Crippen LogP contribution >= 0.6 is 0 Å². The second-order valence-corrected chi connectivity index (χ2v) is 6.15. The lowest BCUT2D eigenvalue weighted by Crippen LogP contribution is -2.58. The Labute approximate surface area is 104 Å². The molecule has 1 aromatic rings. The van der Waals surface area contributed by atoms with E-state index in [1.807, 2.05) is 0 Å². The van der Waals surface area contributed by atoms with Gasteiger partial charge in [0.15, 0.2) is 5.60 Å².